The van der Waals surface area contributed by atoms with Gasteiger partial charge in [0.2, 0.25) is 0 Å². The molecule has 0 aliphatic rings. The van der Waals surface area contributed by atoms with Crippen LogP contribution in [0.3, 0.4) is 0 Å². The number of carbonyl (C=O) groups is 1. The van der Waals surface area contributed by atoms with Crippen molar-refractivity contribution in [2.75, 3.05) is 19.0 Å². The summed E-state index contributed by atoms with van der Waals surface area (Å²) in [6, 6.07) is 6.75. The van der Waals surface area contributed by atoms with Crippen LogP contribution in [0.15, 0.2) is 24.3 Å². The minimum atomic E-state index is -0.889. The van der Waals surface area contributed by atoms with Crippen LogP contribution in [0.4, 0.5) is 5.69 Å². The Morgan fingerprint density at radius 2 is 1.56 bits per heavy atom. The predicted molar refractivity (Wildman–Crippen MR) is 68.3 cm³/mol. The first-order valence-electron chi connectivity index (χ1n) is 5.53. The van der Waals surface area contributed by atoms with Crippen molar-refractivity contribution in [3.63, 3.8) is 0 Å². The molecule has 3 nitrogen and oxygen atoms in total. The van der Waals surface area contributed by atoms with E-state index in [-0.39, 0.29) is 0 Å². The number of carboxylic acid groups (broad SMARTS) is 1. The number of rotatable bonds is 3. The maximum Gasteiger partial charge on any atom is 0.335 e. The van der Waals surface area contributed by atoms with Gasteiger partial charge in [0, 0.05) is 19.8 Å². The zero-order chi connectivity index (χ0) is 12.6. The predicted octanol–water partition coefficient (Wildman–Crippen LogP) is 3.26. The molecule has 0 aromatic heterocycles. The Labute approximate surface area is 97.7 Å². The van der Waals surface area contributed by atoms with Gasteiger partial charge in [-0.25, -0.2) is 4.79 Å². The molecule has 0 atom stereocenters. The topological polar surface area (TPSA) is 40.5 Å². The van der Waals surface area contributed by atoms with Gasteiger partial charge in [0.15, 0.2) is 0 Å². The van der Waals surface area contributed by atoms with Crippen molar-refractivity contribution in [3.8, 4) is 0 Å². The van der Waals surface area contributed by atoms with Crippen molar-refractivity contribution in [1.29, 1.82) is 0 Å². The maximum absolute atomic E-state index is 10.5. The summed E-state index contributed by atoms with van der Waals surface area (Å²) in [6.45, 7) is 4.36. The van der Waals surface area contributed by atoms with Gasteiger partial charge in [-0.1, -0.05) is 26.7 Å². The summed E-state index contributed by atoms with van der Waals surface area (Å²) in [5.41, 5.74) is 1.32. The van der Waals surface area contributed by atoms with E-state index in [1.54, 1.807) is 24.3 Å². The van der Waals surface area contributed by atoms with Gasteiger partial charge in [0.25, 0.3) is 0 Å². The molecule has 1 aromatic rings. The number of benzene rings is 1. The zero-order valence-corrected chi connectivity index (χ0v) is 10.5. The van der Waals surface area contributed by atoms with Crippen molar-refractivity contribution in [3.05, 3.63) is 29.8 Å². The highest BCUT2D eigenvalue weighted by Gasteiger charge is 2.01. The lowest BCUT2D eigenvalue weighted by Gasteiger charge is -2.11. The van der Waals surface area contributed by atoms with Crippen molar-refractivity contribution in [2.24, 2.45) is 0 Å². The van der Waals surface area contributed by atoms with Gasteiger partial charge in [-0.2, -0.15) is 0 Å². The fraction of sp³-hybridized carbons (Fsp3) is 0.462. The largest absolute Gasteiger partial charge is 0.478 e. The van der Waals surface area contributed by atoms with E-state index in [1.807, 2.05) is 19.0 Å². The molecule has 0 amide bonds. The highest BCUT2D eigenvalue weighted by Crippen LogP contribution is 2.11. The highest BCUT2D eigenvalue weighted by molar-refractivity contribution is 5.88. The van der Waals surface area contributed by atoms with Gasteiger partial charge in [-0.05, 0) is 24.3 Å². The van der Waals surface area contributed by atoms with E-state index >= 15 is 0 Å². The lowest BCUT2D eigenvalue weighted by atomic mass is 10.2. The molecule has 0 unspecified atom stereocenters. The molecule has 0 spiro atoms. The molecule has 0 heterocycles. The second kappa shape index (κ2) is 7.74. The Hall–Kier alpha value is -1.51. The summed E-state index contributed by atoms with van der Waals surface area (Å²) >= 11 is 0. The first-order valence-corrected chi connectivity index (χ1v) is 5.53. The molecule has 0 saturated heterocycles. The third-order valence-corrected chi connectivity index (χ3v) is 2.13. The molecule has 16 heavy (non-hydrogen) atoms. The van der Waals surface area contributed by atoms with E-state index in [4.69, 9.17) is 5.11 Å². The van der Waals surface area contributed by atoms with E-state index in [2.05, 4.69) is 13.8 Å². The van der Waals surface area contributed by atoms with E-state index in [0.717, 1.165) is 5.69 Å². The summed E-state index contributed by atoms with van der Waals surface area (Å²) in [7, 11) is 3.82. The number of unbranched alkanes of at least 4 members (excludes halogenated alkanes) is 1. The Kier molecular flexibility index (Phi) is 7.01. The molecule has 90 valence electrons. The number of carboxylic acids is 1. The molecule has 1 rings (SSSR count). The van der Waals surface area contributed by atoms with Gasteiger partial charge in [-0.15, -0.1) is 0 Å². The summed E-state index contributed by atoms with van der Waals surface area (Å²) in [6.07, 6.45) is 2.64. The molecule has 0 radical (unpaired) electrons. The minimum absolute atomic E-state index is 0.320. The van der Waals surface area contributed by atoms with Crippen molar-refractivity contribution < 1.29 is 9.90 Å². The SMILES string of the molecule is CCCC.CN(C)c1ccc(C(=O)O)cc1. The second-order valence-electron chi connectivity index (χ2n) is 3.75. The van der Waals surface area contributed by atoms with Crippen LogP contribution < -0.4 is 4.90 Å². The first-order chi connectivity index (χ1) is 7.52. The molecular formula is C13H21NO2. The Morgan fingerprint density at radius 3 is 1.81 bits per heavy atom. The second-order valence-corrected chi connectivity index (χ2v) is 3.75. The minimum Gasteiger partial charge on any atom is -0.478 e. The van der Waals surface area contributed by atoms with Crippen LogP contribution in [0.1, 0.15) is 37.0 Å². The highest BCUT2D eigenvalue weighted by atomic mass is 16.4. The summed E-state index contributed by atoms with van der Waals surface area (Å²) < 4.78 is 0. The van der Waals surface area contributed by atoms with E-state index in [9.17, 15) is 4.79 Å². The van der Waals surface area contributed by atoms with Crippen LogP contribution >= 0.6 is 0 Å². The normalized spacial score (nSPS) is 9.00. The number of aromatic carboxylic acids is 1. The fourth-order valence-corrected chi connectivity index (χ4v) is 0.902. The van der Waals surface area contributed by atoms with Crippen LogP contribution in [0.5, 0.6) is 0 Å². The van der Waals surface area contributed by atoms with Crippen molar-refractivity contribution in [1.82, 2.24) is 0 Å². The van der Waals surface area contributed by atoms with Gasteiger partial charge >= 0.3 is 5.97 Å². The third kappa shape index (κ3) is 5.39. The maximum atomic E-state index is 10.5. The third-order valence-electron chi connectivity index (χ3n) is 2.13. The molecule has 0 saturated carbocycles. The molecular weight excluding hydrogens is 202 g/mol. The molecule has 0 aliphatic heterocycles. The van der Waals surface area contributed by atoms with Crippen molar-refractivity contribution >= 4 is 11.7 Å². The van der Waals surface area contributed by atoms with E-state index in [1.165, 1.54) is 12.8 Å². The van der Waals surface area contributed by atoms with Crippen LogP contribution in [0.25, 0.3) is 0 Å². The zero-order valence-electron chi connectivity index (χ0n) is 10.5. The van der Waals surface area contributed by atoms with Crippen molar-refractivity contribution in [2.45, 2.75) is 26.7 Å². The molecule has 0 bridgehead atoms. The number of hydrogen-bond donors (Lipinski definition) is 1. The smallest absolute Gasteiger partial charge is 0.335 e. The summed E-state index contributed by atoms with van der Waals surface area (Å²) in [5, 5.41) is 8.60. The average molecular weight is 223 g/mol. The van der Waals surface area contributed by atoms with Gasteiger partial charge in [0.05, 0.1) is 5.56 Å². The molecule has 0 fully saturated rings. The van der Waals surface area contributed by atoms with Gasteiger partial charge in [0.1, 0.15) is 0 Å². The Morgan fingerprint density at radius 1 is 1.12 bits per heavy atom. The number of anilines is 1. The Balaban J connectivity index is 0.000000487. The molecule has 3 heteroatoms. The lowest BCUT2D eigenvalue weighted by molar-refractivity contribution is 0.0697. The summed E-state index contributed by atoms with van der Waals surface area (Å²) in [4.78, 5) is 12.4. The van der Waals surface area contributed by atoms with Crippen LogP contribution in [-0.2, 0) is 0 Å². The number of hydrogen-bond acceptors (Lipinski definition) is 2. The summed E-state index contributed by atoms with van der Waals surface area (Å²) in [5.74, 6) is -0.889. The van der Waals surface area contributed by atoms with Crippen LogP contribution in [0, 0.1) is 0 Å². The van der Waals surface area contributed by atoms with E-state index in [0.29, 0.717) is 5.56 Å². The molecule has 1 aromatic carbocycles. The fourth-order valence-electron chi connectivity index (χ4n) is 0.902. The first kappa shape index (κ1) is 14.5. The van der Waals surface area contributed by atoms with Crippen LogP contribution in [0.2, 0.25) is 0 Å². The quantitative estimate of drug-likeness (QED) is 0.855. The van der Waals surface area contributed by atoms with Gasteiger partial charge < -0.3 is 10.0 Å². The Bertz CT molecular complexity index is 302. The average Bonchev–Trinajstić information content (AvgIpc) is 2.29. The van der Waals surface area contributed by atoms with Gasteiger partial charge in [-0.3, -0.25) is 0 Å². The van der Waals surface area contributed by atoms with E-state index < -0.39 is 5.97 Å². The number of nitrogens with zero attached hydrogens (tertiary/aromatic N) is 1. The molecule has 1 N–H and O–H groups in total. The standard InChI is InChI=1S/C9H11NO2.C4H10/c1-10(2)8-5-3-7(4-6-8)9(11)12;1-3-4-2/h3-6H,1-2H3,(H,11,12);3-4H2,1-2H3. The van der Waals surface area contributed by atoms with Crippen LogP contribution in [-0.4, -0.2) is 25.2 Å². The molecule has 0 aliphatic carbocycles. The lowest BCUT2D eigenvalue weighted by Crippen LogP contribution is -2.08. The monoisotopic (exact) mass is 223 g/mol.